The zero-order valence-electron chi connectivity index (χ0n) is 12.2. The van der Waals surface area contributed by atoms with Gasteiger partial charge in [-0.2, -0.15) is 5.10 Å². The van der Waals surface area contributed by atoms with E-state index in [9.17, 15) is 5.11 Å². The molecule has 0 spiro atoms. The summed E-state index contributed by atoms with van der Waals surface area (Å²) in [6, 6.07) is 11.0. The molecule has 1 aromatic carbocycles. The highest BCUT2D eigenvalue weighted by molar-refractivity contribution is 5.58. The maximum atomic E-state index is 9.38. The lowest BCUT2D eigenvalue weighted by Gasteiger charge is -2.04. The van der Waals surface area contributed by atoms with Crippen LogP contribution in [0, 0.1) is 0 Å². The Morgan fingerprint density at radius 1 is 0.913 bits per heavy atom. The van der Waals surface area contributed by atoms with Gasteiger partial charge in [0.25, 0.3) is 0 Å². The number of hydrogen-bond donors (Lipinski definition) is 1. The van der Waals surface area contributed by atoms with Crippen LogP contribution in [0.3, 0.4) is 0 Å². The lowest BCUT2D eigenvalue weighted by Crippen LogP contribution is -2.00. The number of benzene rings is 1. The number of phenols is 1. The molecule has 6 heteroatoms. The third-order valence-electron chi connectivity index (χ3n) is 3.61. The van der Waals surface area contributed by atoms with E-state index >= 15 is 0 Å². The van der Waals surface area contributed by atoms with Crippen molar-refractivity contribution in [1.29, 1.82) is 0 Å². The van der Waals surface area contributed by atoms with Crippen molar-refractivity contribution in [3.8, 4) is 17.0 Å². The number of phenolic OH excluding ortho intramolecular Hbond substituents is 1. The van der Waals surface area contributed by atoms with Crippen LogP contribution in [-0.4, -0.2) is 29.7 Å². The van der Waals surface area contributed by atoms with Crippen LogP contribution in [0.2, 0.25) is 0 Å². The fourth-order valence-corrected chi connectivity index (χ4v) is 2.45. The van der Waals surface area contributed by atoms with Crippen molar-refractivity contribution in [2.75, 3.05) is 0 Å². The topological polar surface area (TPSA) is 76.2 Å². The van der Waals surface area contributed by atoms with E-state index < -0.39 is 0 Å². The molecule has 0 saturated carbocycles. The third-order valence-corrected chi connectivity index (χ3v) is 3.61. The Hall–Kier alpha value is -3.28. The minimum Gasteiger partial charge on any atom is -0.508 e. The van der Waals surface area contributed by atoms with Crippen LogP contribution in [-0.2, 0) is 6.42 Å². The van der Waals surface area contributed by atoms with Gasteiger partial charge in [-0.05, 0) is 29.8 Å². The van der Waals surface area contributed by atoms with Crippen LogP contribution in [0.15, 0.2) is 61.3 Å². The van der Waals surface area contributed by atoms with Crippen molar-refractivity contribution in [3.05, 3.63) is 72.6 Å². The number of rotatable bonds is 3. The summed E-state index contributed by atoms with van der Waals surface area (Å²) in [5.74, 6) is 0.261. The molecule has 4 aromatic rings. The number of aromatic hydroxyl groups is 1. The maximum Gasteiger partial charge on any atom is 0.153 e. The first kappa shape index (κ1) is 13.4. The quantitative estimate of drug-likeness (QED) is 0.629. The fraction of sp³-hybridized carbons (Fsp3) is 0.0588. The van der Waals surface area contributed by atoms with Gasteiger partial charge in [0, 0.05) is 24.4 Å². The van der Waals surface area contributed by atoms with E-state index in [1.807, 2.05) is 35.0 Å². The molecule has 3 aromatic heterocycles. The molecule has 1 N–H and O–H groups in total. The normalized spacial score (nSPS) is 11.0. The molecule has 0 aliphatic carbocycles. The molecule has 0 aliphatic heterocycles. The molecule has 4 rings (SSSR count). The van der Waals surface area contributed by atoms with E-state index in [0.717, 1.165) is 28.2 Å². The van der Waals surface area contributed by atoms with Crippen LogP contribution in [0.1, 0.15) is 11.3 Å². The predicted octanol–water partition coefficient (Wildman–Crippen LogP) is 2.48. The number of aromatic nitrogens is 5. The van der Waals surface area contributed by atoms with E-state index in [1.165, 1.54) is 6.33 Å². The van der Waals surface area contributed by atoms with Gasteiger partial charge < -0.3 is 5.11 Å². The zero-order chi connectivity index (χ0) is 15.6. The lowest BCUT2D eigenvalue weighted by atomic mass is 10.1. The van der Waals surface area contributed by atoms with Crippen LogP contribution in [0.5, 0.6) is 5.75 Å². The van der Waals surface area contributed by atoms with Gasteiger partial charge in [0.15, 0.2) is 5.65 Å². The molecule has 0 saturated heterocycles. The Kier molecular flexibility index (Phi) is 3.20. The monoisotopic (exact) mass is 303 g/mol. The molecule has 0 radical (unpaired) electrons. The second kappa shape index (κ2) is 5.49. The number of hydrogen-bond acceptors (Lipinski definition) is 5. The molecule has 0 aliphatic rings. The lowest BCUT2D eigenvalue weighted by molar-refractivity contribution is 0.475. The highest BCUT2D eigenvalue weighted by atomic mass is 16.3. The number of fused-ring (bicyclic) bond motifs is 1. The van der Waals surface area contributed by atoms with Crippen molar-refractivity contribution in [3.63, 3.8) is 0 Å². The van der Waals surface area contributed by atoms with E-state index in [0.29, 0.717) is 6.42 Å². The molecule has 6 nitrogen and oxygen atoms in total. The number of nitrogens with zero attached hydrogens (tertiary/aromatic N) is 5. The molecule has 0 atom stereocenters. The van der Waals surface area contributed by atoms with Gasteiger partial charge >= 0.3 is 0 Å². The van der Waals surface area contributed by atoms with Crippen molar-refractivity contribution in [2.24, 2.45) is 0 Å². The molecule has 0 fully saturated rings. The summed E-state index contributed by atoms with van der Waals surface area (Å²) in [5.41, 5.74) is 4.50. The van der Waals surface area contributed by atoms with Gasteiger partial charge in [-0.3, -0.25) is 0 Å². The molecule has 0 bridgehead atoms. The van der Waals surface area contributed by atoms with Crippen molar-refractivity contribution < 1.29 is 5.11 Å². The molecule has 3 heterocycles. The first-order valence-corrected chi connectivity index (χ1v) is 7.16. The summed E-state index contributed by atoms with van der Waals surface area (Å²) in [6.45, 7) is 0. The Labute approximate surface area is 132 Å². The minimum atomic E-state index is 0.261. The maximum absolute atomic E-state index is 9.38. The summed E-state index contributed by atoms with van der Waals surface area (Å²) >= 11 is 0. The van der Waals surface area contributed by atoms with Gasteiger partial charge in [0.05, 0.1) is 17.6 Å². The molecular formula is C17H13N5O. The van der Waals surface area contributed by atoms with Crippen LogP contribution in [0.4, 0.5) is 0 Å². The van der Waals surface area contributed by atoms with Gasteiger partial charge in [-0.1, -0.05) is 12.1 Å². The molecular weight excluding hydrogens is 290 g/mol. The fourth-order valence-electron chi connectivity index (χ4n) is 2.45. The zero-order valence-corrected chi connectivity index (χ0v) is 12.2. The average molecular weight is 303 g/mol. The Balaban J connectivity index is 1.74. The minimum absolute atomic E-state index is 0.261. The van der Waals surface area contributed by atoms with E-state index in [-0.39, 0.29) is 5.75 Å². The van der Waals surface area contributed by atoms with E-state index in [2.05, 4.69) is 20.1 Å². The highest BCUT2D eigenvalue weighted by Gasteiger charge is 2.08. The largest absolute Gasteiger partial charge is 0.508 e. The summed E-state index contributed by atoms with van der Waals surface area (Å²) in [4.78, 5) is 12.4. The first-order valence-electron chi connectivity index (χ1n) is 7.16. The van der Waals surface area contributed by atoms with Gasteiger partial charge in [0.1, 0.15) is 12.1 Å². The summed E-state index contributed by atoms with van der Waals surface area (Å²) in [7, 11) is 0. The molecule has 23 heavy (non-hydrogen) atoms. The Morgan fingerprint density at radius 2 is 1.70 bits per heavy atom. The first-order chi connectivity index (χ1) is 11.3. The third kappa shape index (κ3) is 2.62. The average Bonchev–Trinajstić information content (AvgIpc) is 3.00. The summed E-state index contributed by atoms with van der Waals surface area (Å²) in [5, 5.41) is 14.0. The second-order valence-corrected chi connectivity index (χ2v) is 5.21. The SMILES string of the molecule is Oc1ccc(Cc2cnc3ccc(-c4cncnc4)nn23)cc1. The van der Waals surface area contributed by atoms with Gasteiger partial charge in [-0.25, -0.2) is 19.5 Å². The van der Waals surface area contributed by atoms with Crippen molar-refractivity contribution in [2.45, 2.75) is 6.42 Å². The molecule has 0 amide bonds. The molecule has 0 unspecified atom stereocenters. The van der Waals surface area contributed by atoms with Crippen molar-refractivity contribution in [1.82, 2.24) is 24.6 Å². The second-order valence-electron chi connectivity index (χ2n) is 5.21. The Bertz CT molecular complexity index is 948. The summed E-state index contributed by atoms with van der Waals surface area (Å²) in [6.07, 6.45) is 7.47. The smallest absolute Gasteiger partial charge is 0.153 e. The predicted molar refractivity (Wildman–Crippen MR) is 84.9 cm³/mol. The van der Waals surface area contributed by atoms with Crippen LogP contribution in [0.25, 0.3) is 16.9 Å². The van der Waals surface area contributed by atoms with Crippen molar-refractivity contribution >= 4 is 5.65 Å². The molecule has 112 valence electrons. The van der Waals surface area contributed by atoms with Gasteiger partial charge in [-0.15, -0.1) is 0 Å². The summed E-state index contributed by atoms with van der Waals surface area (Å²) < 4.78 is 1.83. The van der Waals surface area contributed by atoms with Crippen LogP contribution < -0.4 is 0 Å². The van der Waals surface area contributed by atoms with E-state index in [4.69, 9.17) is 0 Å². The van der Waals surface area contributed by atoms with E-state index in [1.54, 1.807) is 24.5 Å². The van der Waals surface area contributed by atoms with Gasteiger partial charge in [0.2, 0.25) is 0 Å². The standard InChI is InChI=1S/C17H13N5O/c23-15-3-1-12(2-4-15)7-14-10-20-17-6-5-16(21-22(14)17)13-8-18-11-19-9-13/h1-6,8-11,23H,7H2. The number of imidazole rings is 1. The Morgan fingerprint density at radius 3 is 2.48 bits per heavy atom. The highest BCUT2D eigenvalue weighted by Crippen LogP contribution is 2.18. The van der Waals surface area contributed by atoms with Crippen LogP contribution >= 0.6 is 0 Å².